The Labute approximate surface area is 206 Å². The number of aromatic nitrogens is 2. The van der Waals surface area contributed by atoms with Gasteiger partial charge in [0.2, 0.25) is 5.91 Å². The largest absolute Gasteiger partial charge is 0.356 e. The minimum Gasteiger partial charge on any atom is -0.356 e. The van der Waals surface area contributed by atoms with Gasteiger partial charge in [-0.2, -0.15) is 0 Å². The number of hydrogen-bond donors (Lipinski definition) is 2. The zero-order valence-corrected chi connectivity index (χ0v) is 20.2. The molecule has 0 fully saturated rings. The molecule has 2 N–H and O–H groups in total. The van der Waals surface area contributed by atoms with Crippen molar-refractivity contribution in [2.75, 3.05) is 10.6 Å². The summed E-state index contributed by atoms with van der Waals surface area (Å²) in [7, 11) is 0. The summed E-state index contributed by atoms with van der Waals surface area (Å²) < 4.78 is 1.36. The highest BCUT2D eigenvalue weighted by molar-refractivity contribution is 7.17. The van der Waals surface area contributed by atoms with Gasteiger partial charge in [-0.15, -0.1) is 11.3 Å². The van der Waals surface area contributed by atoms with E-state index in [1.54, 1.807) is 0 Å². The molecule has 0 saturated carbocycles. The van der Waals surface area contributed by atoms with Gasteiger partial charge in [0.25, 0.3) is 5.56 Å². The van der Waals surface area contributed by atoms with Crippen LogP contribution in [0.2, 0.25) is 0 Å². The summed E-state index contributed by atoms with van der Waals surface area (Å²) in [5.74, 6) is -0.292. The van der Waals surface area contributed by atoms with E-state index in [0.29, 0.717) is 15.9 Å². The van der Waals surface area contributed by atoms with Crippen LogP contribution in [0.25, 0.3) is 21.3 Å². The minimum atomic E-state index is -0.292. The maximum Gasteiger partial charge on any atom is 0.263 e. The van der Waals surface area contributed by atoms with Crippen LogP contribution in [0.15, 0.2) is 89.3 Å². The van der Waals surface area contributed by atoms with Gasteiger partial charge in [0.1, 0.15) is 11.4 Å². The summed E-state index contributed by atoms with van der Waals surface area (Å²) >= 11 is 1.43. The molecule has 0 aliphatic heterocycles. The Bertz CT molecular complexity index is 1570. The Morgan fingerprint density at radius 2 is 1.63 bits per heavy atom. The molecule has 7 heteroatoms. The van der Waals surface area contributed by atoms with E-state index in [1.165, 1.54) is 27.8 Å². The first-order chi connectivity index (χ1) is 17.0. The molecule has 0 radical (unpaired) electrons. The number of para-hydroxylation sites is 1. The predicted molar refractivity (Wildman–Crippen MR) is 144 cm³/mol. The zero-order chi connectivity index (χ0) is 24.4. The number of anilines is 3. The van der Waals surface area contributed by atoms with Gasteiger partial charge in [-0.05, 0) is 66.9 Å². The molecular formula is C28H24N4O2S. The molecule has 0 aliphatic carbocycles. The number of carbonyl (C=O) groups excluding carboxylic acids is 1. The molecule has 35 heavy (non-hydrogen) atoms. The first kappa shape index (κ1) is 22.6. The lowest BCUT2D eigenvalue weighted by atomic mass is 10.0. The van der Waals surface area contributed by atoms with E-state index in [2.05, 4.69) is 41.6 Å². The molecule has 0 atom stereocenters. The smallest absolute Gasteiger partial charge is 0.263 e. The van der Waals surface area contributed by atoms with Crippen LogP contribution >= 0.6 is 11.3 Å². The van der Waals surface area contributed by atoms with E-state index in [0.717, 1.165) is 28.1 Å². The third-order valence-electron chi connectivity index (χ3n) is 5.92. The molecule has 1 amide bonds. The molecule has 0 unspecified atom stereocenters. The van der Waals surface area contributed by atoms with Gasteiger partial charge in [-0.1, -0.05) is 36.4 Å². The Balaban J connectivity index is 1.33. The van der Waals surface area contributed by atoms with Gasteiger partial charge in [-0.3, -0.25) is 14.2 Å². The number of benzene rings is 3. The second-order valence-corrected chi connectivity index (χ2v) is 9.28. The molecule has 5 rings (SSSR count). The quantitative estimate of drug-likeness (QED) is 0.307. The van der Waals surface area contributed by atoms with Gasteiger partial charge in [0.05, 0.1) is 11.7 Å². The van der Waals surface area contributed by atoms with Crippen LogP contribution in [-0.4, -0.2) is 15.5 Å². The molecular weight excluding hydrogens is 456 g/mol. The summed E-state index contributed by atoms with van der Waals surface area (Å²) in [5, 5.41) is 8.67. The number of fused-ring (bicyclic) bond motifs is 1. The number of thiophene rings is 1. The van der Waals surface area contributed by atoms with Gasteiger partial charge >= 0.3 is 0 Å². The van der Waals surface area contributed by atoms with Crippen molar-refractivity contribution in [3.05, 3.63) is 106 Å². The highest BCUT2D eigenvalue weighted by Gasteiger charge is 2.15. The average Bonchev–Trinajstić information content (AvgIpc) is 3.29. The fourth-order valence-electron chi connectivity index (χ4n) is 3.88. The Morgan fingerprint density at radius 3 is 2.37 bits per heavy atom. The molecule has 2 heterocycles. The van der Waals surface area contributed by atoms with E-state index < -0.39 is 0 Å². The SMILES string of the molecule is Cc1ccc(-c2csc3ncn(CC(=O)Nc4ccc(Nc5ccccc5)cc4)c(=O)c23)cc1C. The van der Waals surface area contributed by atoms with Crippen LogP contribution in [0.1, 0.15) is 11.1 Å². The van der Waals surface area contributed by atoms with Crippen LogP contribution in [0, 0.1) is 13.8 Å². The van der Waals surface area contributed by atoms with Gasteiger partial charge < -0.3 is 10.6 Å². The van der Waals surface area contributed by atoms with Gasteiger partial charge in [0, 0.05) is 28.0 Å². The number of nitrogens with one attached hydrogen (secondary N) is 2. The standard InChI is InChI=1S/C28H24N4O2S/c1-18-8-9-20(14-19(18)2)24-16-35-27-26(24)28(34)32(17-29-27)15-25(33)31-23-12-10-22(11-13-23)30-21-6-4-3-5-7-21/h3-14,16-17,30H,15H2,1-2H3,(H,31,33). The fraction of sp³-hybridized carbons (Fsp3) is 0.107. The first-order valence-electron chi connectivity index (χ1n) is 11.2. The first-order valence-corrected chi connectivity index (χ1v) is 12.1. The Hall–Kier alpha value is -4.23. The van der Waals surface area contributed by atoms with Crippen LogP contribution < -0.4 is 16.2 Å². The lowest BCUT2D eigenvalue weighted by Crippen LogP contribution is -2.27. The Kier molecular flexibility index (Phi) is 6.16. The number of aryl methyl sites for hydroxylation is 2. The summed E-state index contributed by atoms with van der Waals surface area (Å²) in [6, 6.07) is 23.4. The van der Waals surface area contributed by atoms with E-state index in [1.807, 2.05) is 66.0 Å². The second kappa shape index (κ2) is 9.56. The van der Waals surface area contributed by atoms with Crippen LogP contribution in [0.4, 0.5) is 17.1 Å². The van der Waals surface area contributed by atoms with Crippen LogP contribution in [0.5, 0.6) is 0 Å². The van der Waals surface area contributed by atoms with Gasteiger partial charge in [0.15, 0.2) is 0 Å². The fourth-order valence-corrected chi connectivity index (χ4v) is 4.79. The highest BCUT2D eigenvalue weighted by Crippen LogP contribution is 2.31. The number of rotatable bonds is 6. The number of nitrogens with zero attached hydrogens (tertiary/aromatic N) is 2. The molecule has 174 valence electrons. The van der Waals surface area contributed by atoms with Crippen molar-refractivity contribution in [2.45, 2.75) is 20.4 Å². The second-order valence-electron chi connectivity index (χ2n) is 8.42. The number of carbonyl (C=O) groups is 1. The summed E-state index contributed by atoms with van der Waals surface area (Å²) in [6.07, 6.45) is 1.44. The predicted octanol–water partition coefficient (Wildman–Crippen LogP) is 6.12. The molecule has 5 aromatic rings. The molecule has 0 spiro atoms. The van der Waals surface area contributed by atoms with Gasteiger partial charge in [-0.25, -0.2) is 4.98 Å². The van der Waals surface area contributed by atoms with E-state index in [4.69, 9.17) is 0 Å². The van der Waals surface area contributed by atoms with E-state index in [9.17, 15) is 9.59 Å². The van der Waals surface area contributed by atoms with Crippen molar-refractivity contribution in [3.8, 4) is 11.1 Å². The average molecular weight is 481 g/mol. The van der Waals surface area contributed by atoms with Crippen molar-refractivity contribution in [3.63, 3.8) is 0 Å². The monoisotopic (exact) mass is 480 g/mol. The van der Waals surface area contributed by atoms with E-state index in [-0.39, 0.29) is 18.0 Å². The van der Waals surface area contributed by atoms with Crippen LogP contribution in [0.3, 0.4) is 0 Å². The molecule has 3 aromatic carbocycles. The summed E-state index contributed by atoms with van der Waals surface area (Å²) in [6.45, 7) is 4.00. The third-order valence-corrected chi connectivity index (χ3v) is 6.81. The molecule has 2 aromatic heterocycles. The van der Waals surface area contributed by atoms with Crippen molar-refractivity contribution in [1.29, 1.82) is 0 Å². The number of amides is 1. The summed E-state index contributed by atoms with van der Waals surface area (Å²) in [5.41, 5.74) is 6.52. The van der Waals surface area contributed by atoms with Crippen molar-refractivity contribution in [1.82, 2.24) is 9.55 Å². The molecule has 6 nitrogen and oxygen atoms in total. The van der Waals surface area contributed by atoms with Crippen molar-refractivity contribution in [2.24, 2.45) is 0 Å². The van der Waals surface area contributed by atoms with Crippen molar-refractivity contribution < 1.29 is 4.79 Å². The molecule has 0 saturated heterocycles. The molecule has 0 bridgehead atoms. The zero-order valence-electron chi connectivity index (χ0n) is 19.4. The lowest BCUT2D eigenvalue weighted by molar-refractivity contribution is -0.116. The highest BCUT2D eigenvalue weighted by atomic mass is 32.1. The topological polar surface area (TPSA) is 76.0 Å². The number of hydrogen-bond acceptors (Lipinski definition) is 5. The van der Waals surface area contributed by atoms with Crippen molar-refractivity contribution >= 4 is 44.5 Å². The maximum atomic E-state index is 13.3. The van der Waals surface area contributed by atoms with E-state index >= 15 is 0 Å². The lowest BCUT2D eigenvalue weighted by Gasteiger charge is -2.10. The third kappa shape index (κ3) is 4.85. The maximum absolute atomic E-state index is 13.3. The van der Waals surface area contributed by atoms with Crippen LogP contribution in [-0.2, 0) is 11.3 Å². The molecule has 0 aliphatic rings. The minimum absolute atomic E-state index is 0.117. The normalized spacial score (nSPS) is 10.9. The summed E-state index contributed by atoms with van der Waals surface area (Å²) in [4.78, 5) is 31.1. The Morgan fingerprint density at radius 1 is 0.914 bits per heavy atom.